The SMILES string of the molecule is C=CCC1c2cccc(OC)c2C=C(c2ccccc2)N1c1ccc(OC)cc1. The van der Waals surface area contributed by atoms with Crippen molar-refractivity contribution in [1.29, 1.82) is 0 Å². The normalized spacial score (nSPS) is 15.3. The number of fused-ring (bicyclic) bond motifs is 1. The zero-order valence-electron chi connectivity index (χ0n) is 16.8. The minimum absolute atomic E-state index is 0.117. The molecule has 0 spiro atoms. The van der Waals surface area contributed by atoms with Gasteiger partial charge in [0.2, 0.25) is 0 Å². The number of nitrogens with zero attached hydrogens (tertiary/aromatic N) is 1. The Morgan fingerprint density at radius 2 is 1.66 bits per heavy atom. The summed E-state index contributed by atoms with van der Waals surface area (Å²) in [5.41, 5.74) is 5.78. The molecule has 146 valence electrons. The molecule has 0 aliphatic carbocycles. The highest BCUT2D eigenvalue weighted by Crippen LogP contribution is 2.46. The molecule has 0 saturated heterocycles. The van der Waals surface area contributed by atoms with Crippen LogP contribution in [0.5, 0.6) is 11.5 Å². The number of ether oxygens (including phenoxy) is 2. The summed E-state index contributed by atoms with van der Waals surface area (Å²) >= 11 is 0. The van der Waals surface area contributed by atoms with E-state index in [4.69, 9.17) is 9.47 Å². The summed E-state index contributed by atoms with van der Waals surface area (Å²) in [6.45, 7) is 4.03. The van der Waals surface area contributed by atoms with Gasteiger partial charge in [0.1, 0.15) is 11.5 Å². The molecular formula is C26H25NO2. The van der Waals surface area contributed by atoms with Crippen LogP contribution < -0.4 is 14.4 Å². The van der Waals surface area contributed by atoms with E-state index in [1.54, 1.807) is 14.2 Å². The van der Waals surface area contributed by atoms with E-state index < -0.39 is 0 Å². The van der Waals surface area contributed by atoms with Crippen molar-refractivity contribution in [2.24, 2.45) is 0 Å². The molecule has 0 aromatic heterocycles. The number of anilines is 1. The molecule has 4 rings (SSSR count). The van der Waals surface area contributed by atoms with Crippen molar-refractivity contribution in [3.8, 4) is 11.5 Å². The molecule has 1 heterocycles. The third-order valence-electron chi connectivity index (χ3n) is 5.34. The van der Waals surface area contributed by atoms with E-state index in [9.17, 15) is 0 Å². The Balaban J connectivity index is 1.95. The van der Waals surface area contributed by atoms with E-state index in [0.717, 1.165) is 40.4 Å². The van der Waals surface area contributed by atoms with Crippen molar-refractivity contribution in [1.82, 2.24) is 0 Å². The molecule has 0 radical (unpaired) electrons. The predicted molar refractivity (Wildman–Crippen MR) is 120 cm³/mol. The van der Waals surface area contributed by atoms with Gasteiger partial charge in [0, 0.05) is 16.9 Å². The Morgan fingerprint density at radius 1 is 0.897 bits per heavy atom. The van der Waals surface area contributed by atoms with Crippen molar-refractivity contribution in [2.75, 3.05) is 19.1 Å². The van der Waals surface area contributed by atoms with Gasteiger partial charge >= 0.3 is 0 Å². The van der Waals surface area contributed by atoms with Gasteiger partial charge in [-0.3, -0.25) is 0 Å². The summed E-state index contributed by atoms with van der Waals surface area (Å²) in [6.07, 6.45) is 5.03. The van der Waals surface area contributed by atoms with E-state index in [1.165, 1.54) is 5.56 Å². The fraction of sp³-hybridized carbons (Fsp3) is 0.154. The molecule has 3 nitrogen and oxygen atoms in total. The van der Waals surface area contributed by atoms with Gasteiger partial charge in [-0.2, -0.15) is 0 Å². The predicted octanol–water partition coefficient (Wildman–Crippen LogP) is 6.34. The lowest BCUT2D eigenvalue weighted by Gasteiger charge is -2.40. The third kappa shape index (κ3) is 3.52. The first-order valence-corrected chi connectivity index (χ1v) is 9.75. The lowest BCUT2D eigenvalue weighted by molar-refractivity contribution is 0.412. The van der Waals surface area contributed by atoms with Gasteiger partial charge in [0.25, 0.3) is 0 Å². The first-order chi connectivity index (χ1) is 14.3. The Morgan fingerprint density at radius 3 is 2.31 bits per heavy atom. The Kier molecular flexibility index (Phi) is 5.39. The van der Waals surface area contributed by atoms with Crippen LogP contribution in [0.1, 0.15) is 29.2 Å². The monoisotopic (exact) mass is 383 g/mol. The van der Waals surface area contributed by atoms with E-state index in [-0.39, 0.29) is 6.04 Å². The van der Waals surface area contributed by atoms with Crippen molar-refractivity contribution in [3.05, 3.63) is 102 Å². The highest BCUT2D eigenvalue weighted by atomic mass is 16.5. The smallest absolute Gasteiger partial charge is 0.126 e. The quantitative estimate of drug-likeness (QED) is 0.464. The molecule has 0 saturated carbocycles. The fourth-order valence-corrected chi connectivity index (χ4v) is 3.98. The van der Waals surface area contributed by atoms with E-state index in [1.807, 2.05) is 30.3 Å². The van der Waals surface area contributed by atoms with E-state index in [0.29, 0.717) is 0 Å². The molecule has 0 N–H and O–H groups in total. The minimum atomic E-state index is 0.117. The van der Waals surface area contributed by atoms with Crippen molar-refractivity contribution >= 4 is 17.5 Å². The minimum Gasteiger partial charge on any atom is -0.497 e. The molecule has 3 aromatic rings. The molecule has 0 fully saturated rings. The standard InChI is InChI=1S/C26H25NO2/c1-4-9-24-22-12-8-13-26(29-3)23(22)18-25(19-10-6-5-7-11-19)27(24)20-14-16-21(28-2)17-15-20/h4-8,10-18,24H,1,9H2,2-3H3. The second-order valence-corrected chi connectivity index (χ2v) is 6.97. The second-order valence-electron chi connectivity index (χ2n) is 6.97. The summed E-state index contributed by atoms with van der Waals surface area (Å²) in [5.74, 6) is 1.73. The van der Waals surface area contributed by atoms with Crippen LogP contribution in [0, 0.1) is 0 Å². The zero-order chi connectivity index (χ0) is 20.2. The van der Waals surface area contributed by atoms with Crippen molar-refractivity contribution in [3.63, 3.8) is 0 Å². The van der Waals surface area contributed by atoms with Gasteiger partial charge in [0.05, 0.1) is 20.3 Å². The van der Waals surface area contributed by atoms with Crippen LogP contribution in [-0.2, 0) is 0 Å². The van der Waals surface area contributed by atoms with E-state index in [2.05, 4.69) is 66.1 Å². The first kappa shape index (κ1) is 18.9. The number of benzene rings is 3. The molecule has 3 heteroatoms. The van der Waals surface area contributed by atoms with Gasteiger partial charge in [0.15, 0.2) is 0 Å². The van der Waals surface area contributed by atoms with Crippen LogP contribution in [0.4, 0.5) is 5.69 Å². The third-order valence-corrected chi connectivity index (χ3v) is 5.34. The zero-order valence-corrected chi connectivity index (χ0v) is 16.8. The molecule has 1 aliphatic rings. The summed E-state index contributed by atoms with van der Waals surface area (Å²) in [5, 5.41) is 0. The lowest BCUT2D eigenvalue weighted by atomic mass is 9.88. The fourth-order valence-electron chi connectivity index (χ4n) is 3.98. The van der Waals surface area contributed by atoms with Crippen LogP contribution in [-0.4, -0.2) is 14.2 Å². The molecule has 0 bridgehead atoms. The summed E-state index contributed by atoms with van der Waals surface area (Å²) < 4.78 is 11.1. The molecule has 3 aromatic carbocycles. The number of rotatable bonds is 6. The van der Waals surface area contributed by atoms with Crippen LogP contribution in [0.25, 0.3) is 11.8 Å². The van der Waals surface area contributed by atoms with Crippen LogP contribution in [0.15, 0.2) is 85.5 Å². The molecule has 0 amide bonds. The average Bonchev–Trinajstić information content (AvgIpc) is 2.79. The van der Waals surface area contributed by atoms with Gasteiger partial charge < -0.3 is 14.4 Å². The average molecular weight is 383 g/mol. The maximum Gasteiger partial charge on any atom is 0.126 e. The highest BCUT2D eigenvalue weighted by Gasteiger charge is 2.31. The highest BCUT2D eigenvalue weighted by molar-refractivity contribution is 5.95. The molecule has 1 unspecified atom stereocenters. The lowest BCUT2D eigenvalue weighted by Crippen LogP contribution is -2.30. The maximum atomic E-state index is 5.69. The Hall–Kier alpha value is -3.46. The molecule has 1 aliphatic heterocycles. The largest absolute Gasteiger partial charge is 0.497 e. The summed E-state index contributed by atoms with van der Waals surface area (Å²) in [4.78, 5) is 2.39. The molecule has 29 heavy (non-hydrogen) atoms. The van der Waals surface area contributed by atoms with Crippen molar-refractivity contribution < 1.29 is 9.47 Å². The number of methoxy groups -OCH3 is 2. The Bertz CT molecular complexity index is 1020. The molecular weight excluding hydrogens is 358 g/mol. The van der Waals surface area contributed by atoms with Gasteiger partial charge in [-0.25, -0.2) is 0 Å². The van der Waals surface area contributed by atoms with Gasteiger partial charge in [-0.1, -0.05) is 48.5 Å². The topological polar surface area (TPSA) is 21.7 Å². The van der Waals surface area contributed by atoms with Gasteiger partial charge in [-0.15, -0.1) is 6.58 Å². The van der Waals surface area contributed by atoms with Crippen molar-refractivity contribution in [2.45, 2.75) is 12.5 Å². The summed E-state index contributed by atoms with van der Waals surface area (Å²) in [6, 6.07) is 25.1. The first-order valence-electron chi connectivity index (χ1n) is 9.75. The number of hydrogen-bond donors (Lipinski definition) is 0. The van der Waals surface area contributed by atoms with Crippen LogP contribution in [0.2, 0.25) is 0 Å². The van der Waals surface area contributed by atoms with Gasteiger partial charge in [-0.05, 0) is 54.0 Å². The number of hydrogen-bond acceptors (Lipinski definition) is 3. The summed E-state index contributed by atoms with van der Waals surface area (Å²) in [7, 11) is 3.41. The van der Waals surface area contributed by atoms with Crippen LogP contribution >= 0.6 is 0 Å². The Labute approximate surface area is 172 Å². The van der Waals surface area contributed by atoms with Crippen LogP contribution in [0.3, 0.4) is 0 Å². The second kappa shape index (κ2) is 8.27. The maximum absolute atomic E-state index is 5.69. The molecule has 1 atom stereocenters. The van der Waals surface area contributed by atoms with E-state index >= 15 is 0 Å².